The molecule has 2 atom stereocenters. The highest BCUT2D eigenvalue weighted by atomic mass is 35.5. The van der Waals surface area contributed by atoms with Gasteiger partial charge in [-0.3, -0.25) is 14.9 Å². The van der Waals surface area contributed by atoms with E-state index in [0.29, 0.717) is 12.0 Å². The minimum atomic E-state index is -1.52. The molecule has 1 aliphatic carbocycles. The minimum absolute atomic E-state index is 0.0201. The maximum Gasteiger partial charge on any atom is 0.410 e. The van der Waals surface area contributed by atoms with Crippen molar-refractivity contribution in [3.8, 4) is 6.07 Å². The van der Waals surface area contributed by atoms with E-state index in [1.54, 1.807) is 25.7 Å². The predicted molar refractivity (Wildman–Crippen MR) is 150 cm³/mol. The van der Waals surface area contributed by atoms with Gasteiger partial charge in [-0.15, -0.1) is 0 Å². The monoisotopic (exact) mass is 622 g/mol. The molecule has 1 aliphatic heterocycles. The van der Waals surface area contributed by atoms with Crippen LogP contribution in [0.3, 0.4) is 0 Å². The van der Waals surface area contributed by atoms with Crippen molar-refractivity contribution in [2.45, 2.75) is 63.5 Å². The quantitative estimate of drug-likeness (QED) is 0.190. The molecular weight excluding hydrogens is 594 g/mol. The first-order valence-corrected chi connectivity index (χ1v) is 13.9. The lowest BCUT2D eigenvalue weighted by atomic mass is 9.77. The summed E-state index contributed by atoms with van der Waals surface area (Å²) < 4.78 is 25.0. The predicted octanol–water partition coefficient (Wildman–Crippen LogP) is 4.77. The zero-order valence-electron chi connectivity index (χ0n) is 23.4. The highest BCUT2D eigenvalue weighted by molar-refractivity contribution is 6.31. The Labute approximate surface area is 251 Å². The number of hydrogen-bond donors (Lipinski definition) is 0. The van der Waals surface area contributed by atoms with Crippen molar-refractivity contribution in [3.05, 3.63) is 55.2 Å². The van der Waals surface area contributed by atoms with Crippen LogP contribution in [-0.4, -0.2) is 70.2 Å². The maximum absolute atomic E-state index is 14.5. The number of amides is 1. The van der Waals surface area contributed by atoms with Gasteiger partial charge >= 0.3 is 17.7 Å². The molecule has 0 N–H and O–H groups in total. The van der Waals surface area contributed by atoms with Crippen LogP contribution in [0.15, 0.2) is 12.1 Å². The highest BCUT2D eigenvalue weighted by Gasteiger charge is 2.50. The number of benzene rings is 1. The smallest absolute Gasteiger partial charge is 0.410 e. The number of nitro groups is 1. The van der Waals surface area contributed by atoms with Crippen LogP contribution in [0.1, 0.15) is 50.4 Å². The largest absolute Gasteiger partial charge is 0.468 e. The van der Waals surface area contributed by atoms with Crippen LogP contribution in [0.5, 0.6) is 0 Å². The molecule has 2 aliphatic rings. The summed E-state index contributed by atoms with van der Waals surface area (Å²) in [4.78, 5) is 49.2. The van der Waals surface area contributed by atoms with E-state index in [4.69, 9.17) is 32.7 Å². The maximum atomic E-state index is 14.5. The van der Waals surface area contributed by atoms with Crippen LogP contribution in [0.4, 0.5) is 20.7 Å². The first-order chi connectivity index (χ1) is 19.7. The Morgan fingerprint density at radius 2 is 2.00 bits per heavy atom. The summed E-state index contributed by atoms with van der Waals surface area (Å²) in [7, 11) is 1.18. The molecule has 1 saturated heterocycles. The van der Waals surface area contributed by atoms with Gasteiger partial charge in [0.05, 0.1) is 36.0 Å². The first kappa shape index (κ1) is 31.2. The Kier molecular flexibility index (Phi) is 8.80. The van der Waals surface area contributed by atoms with Gasteiger partial charge in [0.15, 0.2) is 0 Å². The van der Waals surface area contributed by atoms with Gasteiger partial charge in [0.1, 0.15) is 17.1 Å². The molecule has 2 heterocycles. The van der Waals surface area contributed by atoms with Crippen molar-refractivity contribution in [3.63, 3.8) is 0 Å². The van der Waals surface area contributed by atoms with Crippen LogP contribution < -0.4 is 4.90 Å². The molecule has 0 spiro atoms. The zero-order chi connectivity index (χ0) is 31.0. The number of nitrogens with zero attached hydrogens (tertiary/aromatic N) is 6. The van der Waals surface area contributed by atoms with Gasteiger partial charge < -0.3 is 19.3 Å². The van der Waals surface area contributed by atoms with Crippen molar-refractivity contribution in [2.75, 3.05) is 31.6 Å². The number of anilines is 1. The van der Waals surface area contributed by atoms with Gasteiger partial charge in [0.2, 0.25) is 11.1 Å². The van der Waals surface area contributed by atoms with E-state index in [-0.39, 0.29) is 66.3 Å². The molecule has 224 valence electrons. The Bertz CT molecular complexity index is 1480. The van der Waals surface area contributed by atoms with Crippen molar-refractivity contribution < 1.29 is 28.4 Å². The number of carbonyl (C=O) groups excluding carboxylic acids is 2. The Hall–Kier alpha value is -3.76. The van der Waals surface area contributed by atoms with Crippen LogP contribution >= 0.6 is 23.2 Å². The molecule has 15 heteroatoms. The summed E-state index contributed by atoms with van der Waals surface area (Å²) in [6, 6.07) is 3.71. The lowest BCUT2D eigenvalue weighted by Gasteiger charge is -2.41. The Balaban J connectivity index is 1.77. The number of hydrogen-bond acceptors (Lipinski definition) is 10. The first-order valence-electron chi connectivity index (χ1n) is 13.1. The Morgan fingerprint density at radius 3 is 2.62 bits per heavy atom. The van der Waals surface area contributed by atoms with E-state index in [0.717, 1.165) is 6.07 Å². The number of piperazine rings is 1. The van der Waals surface area contributed by atoms with Crippen molar-refractivity contribution in [1.82, 2.24) is 14.9 Å². The summed E-state index contributed by atoms with van der Waals surface area (Å²) in [6.45, 7) is 5.39. The van der Waals surface area contributed by atoms with E-state index in [2.05, 4.69) is 9.97 Å². The number of rotatable bonds is 6. The van der Waals surface area contributed by atoms with E-state index in [9.17, 15) is 29.4 Å². The SMILES string of the molecule is COC(=O)C1(Cc2nc(Cl)nc(N3CCN(C(=O)OC(C)(C)C)[C@@H](CC#N)C3)c2[N+](=O)[O-])CCc2c(Cl)cc(F)cc21. The van der Waals surface area contributed by atoms with E-state index in [1.807, 2.05) is 6.07 Å². The molecule has 1 aromatic heterocycles. The molecule has 1 unspecified atom stereocenters. The molecule has 2 aromatic rings. The summed E-state index contributed by atoms with van der Waals surface area (Å²) >= 11 is 12.6. The number of carbonyl (C=O) groups is 2. The number of fused-ring (bicyclic) bond motifs is 1. The van der Waals surface area contributed by atoms with Crippen molar-refractivity contribution in [1.29, 1.82) is 5.26 Å². The normalized spacial score (nSPS) is 20.1. The average Bonchev–Trinajstić information content (AvgIpc) is 3.26. The molecule has 1 fully saturated rings. The summed E-state index contributed by atoms with van der Waals surface area (Å²) in [5.74, 6) is -1.53. The fourth-order valence-corrected chi connectivity index (χ4v) is 6.07. The topological polar surface area (TPSA) is 152 Å². The lowest BCUT2D eigenvalue weighted by Crippen LogP contribution is -2.56. The van der Waals surface area contributed by atoms with E-state index in [1.165, 1.54) is 18.1 Å². The minimum Gasteiger partial charge on any atom is -0.468 e. The van der Waals surface area contributed by atoms with Crippen LogP contribution in [0.25, 0.3) is 0 Å². The second-order valence-corrected chi connectivity index (χ2v) is 11.9. The molecule has 4 rings (SSSR count). The number of nitriles is 1. The molecule has 1 amide bonds. The second-order valence-electron chi connectivity index (χ2n) is 11.2. The molecule has 12 nitrogen and oxygen atoms in total. The van der Waals surface area contributed by atoms with E-state index >= 15 is 0 Å². The highest BCUT2D eigenvalue weighted by Crippen LogP contribution is 2.47. The van der Waals surface area contributed by atoms with E-state index < -0.39 is 45.5 Å². The Morgan fingerprint density at radius 1 is 1.29 bits per heavy atom. The van der Waals surface area contributed by atoms with Gasteiger partial charge in [0, 0.05) is 31.1 Å². The molecule has 1 aromatic carbocycles. The van der Waals surface area contributed by atoms with Crippen molar-refractivity contribution >= 4 is 46.8 Å². The lowest BCUT2D eigenvalue weighted by molar-refractivity contribution is -0.385. The fourth-order valence-electron chi connectivity index (χ4n) is 5.58. The summed E-state index contributed by atoms with van der Waals surface area (Å²) in [6.07, 6.45) is -0.554. The molecule has 0 bridgehead atoms. The molecular formula is C27H29Cl2FN6O6. The average molecular weight is 623 g/mol. The third-order valence-electron chi connectivity index (χ3n) is 7.35. The van der Waals surface area contributed by atoms with Crippen LogP contribution in [-0.2, 0) is 32.5 Å². The van der Waals surface area contributed by atoms with Gasteiger partial charge in [-0.2, -0.15) is 10.2 Å². The number of ether oxygens (including phenoxy) is 2. The van der Waals surface area contributed by atoms with Gasteiger partial charge in [-0.25, -0.2) is 14.2 Å². The van der Waals surface area contributed by atoms with Crippen LogP contribution in [0.2, 0.25) is 10.3 Å². The molecule has 42 heavy (non-hydrogen) atoms. The number of aromatic nitrogens is 2. The van der Waals surface area contributed by atoms with Crippen LogP contribution in [0, 0.1) is 27.3 Å². The molecule has 0 radical (unpaired) electrons. The number of esters is 1. The summed E-state index contributed by atoms with van der Waals surface area (Å²) in [5, 5.41) is 21.8. The van der Waals surface area contributed by atoms with Gasteiger partial charge in [-0.1, -0.05) is 11.6 Å². The fraction of sp³-hybridized carbons (Fsp3) is 0.519. The zero-order valence-corrected chi connectivity index (χ0v) is 25.0. The number of methoxy groups -OCH3 is 1. The third kappa shape index (κ3) is 6.05. The number of halogens is 3. The van der Waals surface area contributed by atoms with Gasteiger partial charge in [-0.05, 0) is 68.5 Å². The molecule has 0 saturated carbocycles. The third-order valence-corrected chi connectivity index (χ3v) is 7.86. The van der Waals surface area contributed by atoms with Crippen molar-refractivity contribution in [2.24, 2.45) is 0 Å². The standard InChI is InChI=1S/C27H29Cl2FN6O6/c1-26(2,3)42-25(38)35-10-9-34(14-16(35)6-8-31)22-21(36(39)40)20(32-24(29)33-22)13-27(23(37)41-4)7-5-17-18(27)11-15(30)12-19(17)28/h11-12,16H,5-7,9-10,13-14H2,1-4H3/t16-,27?/m0/s1. The summed E-state index contributed by atoms with van der Waals surface area (Å²) in [5.41, 5.74) is -2.12. The second kappa shape index (κ2) is 11.9. The van der Waals surface area contributed by atoms with Gasteiger partial charge in [0.25, 0.3) is 0 Å².